The summed E-state index contributed by atoms with van der Waals surface area (Å²) in [6.07, 6.45) is 3.31. The first kappa shape index (κ1) is 28.5. The van der Waals surface area contributed by atoms with E-state index in [2.05, 4.69) is 15.6 Å². The van der Waals surface area contributed by atoms with E-state index in [-0.39, 0.29) is 34.5 Å². The molecule has 0 aliphatic carbocycles. The van der Waals surface area contributed by atoms with Crippen molar-refractivity contribution in [1.29, 1.82) is 0 Å². The van der Waals surface area contributed by atoms with Crippen LogP contribution in [0.15, 0.2) is 102 Å². The summed E-state index contributed by atoms with van der Waals surface area (Å²) in [7, 11) is -4.07. The van der Waals surface area contributed by atoms with Gasteiger partial charge in [-0.3, -0.25) is 18.9 Å². The van der Waals surface area contributed by atoms with Gasteiger partial charge in [0.1, 0.15) is 6.54 Å². The number of amides is 2. The smallest absolute Gasteiger partial charge is 0.264 e. The fraction of sp³-hybridized carbons (Fsp3) is 0.194. The molecule has 0 aliphatic heterocycles. The molecule has 4 rings (SSSR count). The maximum Gasteiger partial charge on any atom is 0.264 e. The van der Waals surface area contributed by atoms with Gasteiger partial charge in [0.2, 0.25) is 5.91 Å². The molecule has 206 valence electrons. The second kappa shape index (κ2) is 12.6. The Kier molecular flexibility index (Phi) is 8.96. The number of nitrogens with zero attached hydrogens (tertiary/aromatic N) is 2. The van der Waals surface area contributed by atoms with Gasteiger partial charge in [0.25, 0.3) is 15.9 Å². The van der Waals surface area contributed by atoms with E-state index in [4.69, 9.17) is 0 Å². The number of sulfonamides is 1. The second-order valence-electron chi connectivity index (χ2n) is 9.71. The van der Waals surface area contributed by atoms with Crippen LogP contribution in [-0.4, -0.2) is 31.8 Å². The summed E-state index contributed by atoms with van der Waals surface area (Å²) >= 11 is 0. The van der Waals surface area contributed by atoms with E-state index in [1.807, 2.05) is 39.0 Å². The Hall–Kier alpha value is -4.50. The van der Waals surface area contributed by atoms with E-state index in [1.165, 1.54) is 12.1 Å². The maximum atomic E-state index is 13.7. The van der Waals surface area contributed by atoms with Crippen LogP contribution in [0.4, 0.5) is 11.4 Å². The van der Waals surface area contributed by atoms with Crippen molar-refractivity contribution in [3.63, 3.8) is 0 Å². The van der Waals surface area contributed by atoms with E-state index in [0.717, 1.165) is 21.0 Å². The van der Waals surface area contributed by atoms with Crippen molar-refractivity contribution in [1.82, 2.24) is 10.3 Å². The van der Waals surface area contributed by atoms with Crippen molar-refractivity contribution in [2.45, 2.75) is 38.1 Å². The van der Waals surface area contributed by atoms with Gasteiger partial charge in [0.15, 0.2) is 0 Å². The number of carbonyl (C=O) groups is 2. The number of para-hydroxylation sites is 1. The molecule has 0 saturated heterocycles. The zero-order valence-electron chi connectivity index (χ0n) is 22.7. The lowest BCUT2D eigenvalue weighted by atomic mass is 10.0. The minimum absolute atomic E-state index is 0.0778. The number of pyridine rings is 1. The molecule has 1 aromatic heterocycles. The van der Waals surface area contributed by atoms with E-state index >= 15 is 0 Å². The molecular formula is C31H32N4O4S. The van der Waals surface area contributed by atoms with Crippen molar-refractivity contribution in [2.24, 2.45) is 0 Å². The first-order valence-electron chi connectivity index (χ1n) is 12.9. The first-order valence-corrected chi connectivity index (χ1v) is 14.3. The molecule has 9 heteroatoms. The standard InChI is InChI=1S/C31H32N4O4S/c1-22(2)25-12-14-26(15-13-25)35(40(38,39)27-16-10-23(3)11-17-27)21-30(36)34-29-9-5-4-8-28(29)31(37)33-20-24-7-6-18-32-19-24/h4-19,22H,20-21H2,1-3H3,(H,33,37)(H,34,36). The highest BCUT2D eigenvalue weighted by atomic mass is 32.2. The normalized spacial score (nSPS) is 11.2. The fourth-order valence-corrected chi connectivity index (χ4v) is 5.49. The predicted molar refractivity (Wildman–Crippen MR) is 157 cm³/mol. The van der Waals surface area contributed by atoms with Gasteiger partial charge in [0, 0.05) is 18.9 Å². The number of hydrogen-bond acceptors (Lipinski definition) is 5. The fourth-order valence-electron chi connectivity index (χ4n) is 4.07. The van der Waals surface area contributed by atoms with Crippen molar-refractivity contribution < 1.29 is 18.0 Å². The molecular weight excluding hydrogens is 524 g/mol. The van der Waals surface area contributed by atoms with Gasteiger partial charge in [-0.1, -0.05) is 61.9 Å². The maximum absolute atomic E-state index is 13.7. The number of aromatic nitrogens is 1. The molecule has 4 aromatic rings. The lowest BCUT2D eigenvalue weighted by Crippen LogP contribution is -2.38. The summed E-state index contributed by atoms with van der Waals surface area (Å²) in [5.41, 5.74) is 3.70. The van der Waals surface area contributed by atoms with Crippen molar-refractivity contribution in [3.05, 3.63) is 120 Å². The van der Waals surface area contributed by atoms with Gasteiger partial charge in [-0.05, 0) is 66.4 Å². The number of carbonyl (C=O) groups excluding carboxylic acids is 2. The molecule has 0 spiro atoms. The zero-order valence-corrected chi connectivity index (χ0v) is 23.5. The molecule has 0 fully saturated rings. The Morgan fingerprint density at radius 3 is 2.25 bits per heavy atom. The van der Waals surface area contributed by atoms with E-state index in [1.54, 1.807) is 67.0 Å². The van der Waals surface area contributed by atoms with Crippen LogP contribution in [0.25, 0.3) is 0 Å². The molecule has 3 aromatic carbocycles. The Morgan fingerprint density at radius 2 is 1.60 bits per heavy atom. The second-order valence-corrected chi connectivity index (χ2v) is 11.6. The minimum atomic E-state index is -4.07. The van der Waals surface area contributed by atoms with Crippen LogP contribution >= 0.6 is 0 Å². The van der Waals surface area contributed by atoms with Crippen LogP contribution in [0.5, 0.6) is 0 Å². The highest BCUT2D eigenvalue weighted by Crippen LogP contribution is 2.26. The minimum Gasteiger partial charge on any atom is -0.348 e. The van der Waals surface area contributed by atoms with Crippen molar-refractivity contribution in [3.8, 4) is 0 Å². The molecule has 8 nitrogen and oxygen atoms in total. The van der Waals surface area contributed by atoms with Crippen molar-refractivity contribution in [2.75, 3.05) is 16.2 Å². The average Bonchev–Trinajstić information content (AvgIpc) is 2.95. The zero-order chi connectivity index (χ0) is 28.7. The Labute approximate surface area is 235 Å². The number of hydrogen-bond donors (Lipinski definition) is 2. The van der Waals surface area contributed by atoms with Crippen LogP contribution in [-0.2, 0) is 21.4 Å². The molecule has 0 radical (unpaired) electrons. The number of rotatable bonds is 10. The third kappa shape index (κ3) is 6.92. The lowest BCUT2D eigenvalue weighted by Gasteiger charge is -2.25. The Balaban J connectivity index is 1.58. The van der Waals surface area contributed by atoms with Crippen LogP contribution in [0.2, 0.25) is 0 Å². The van der Waals surface area contributed by atoms with Crippen LogP contribution in [0.1, 0.15) is 46.8 Å². The van der Waals surface area contributed by atoms with Crippen molar-refractivity contribution >= 4 is 33.2 Å². The van der Waals surface area contributed by atoms with Crippen LogP contribution in [0, 0.1) is 6.92 Å². The summed E-state index contributed by atoms with van der Waals surface area (Å²) in [6.45, 7) is 5.75. The molecule has 0 unspecified atom stereocenters. The molecule has 0 bridgehead atoms. The third-order valence-electron chi connectivity index (χ3n) is 6.37. The Morgan fingerprint density at radius 1 is 0.900 bits per heavy atom. The van der Waals surface area contributed by atoms with Gasteiger partial charge in [-0.25, -0.2) is 8.42 Å². The predicted octanol–water partition coefficient (Wildman–Crippen LogP) is 5.28. The molecule has 0 atom stereocenters. The SMILES string of the molecule is Cc1ccc(S(=O)(=O)N(CC(=O)Nc2ccccc2C(=O)NCc2cccnc2)c2ccc(C(C)C)cc2)cc1. The van der Waals surface area contributed by atoms with E-state index in [9.17, 15) is 18.0 Å². The highest BCUT2D eigenvalue weighted by molar-refractivity contribution is 7.92. The van der Waals surface area contributed by atoms with Gasteiger partial charge in [-0.15, -0.1) is 0 Å². The van der Waals surface area contributed by atoms with Crippen LogP contribution < -0.4 is 14.9 Å². The summed E-state index contributed by atoms with van der Waals surface area (Å²) in [4.78, 5) is 30.4. The molecule has 0 saturated carbocycles. The van der Waals surface area contributed by atoms with E-state index in [0.29, 0.717) is 5.69 Å². The third-order valence-corrected chi connectivity index (χ3v) is 8.15. The summed E-state index contributed by atoms with van der Waals surface area (Å²) < 4.78 is 28.5. The summed E-state index contributed by atoms with van der Waals surface area (Å²) in [5, 5.41) is 5.56. The number of anilines is 2. The van der Waals surface area contributed by atoms with Gasteiger partial charge in [0.05, 0.1) is 21.8 Å². The molecule has 40 heavy (non-hydrogen) atoms. The average molecular weight is 557 g/mol. The van der Waals surface area contributed by atoms with Gasteiger partial charge in [-0.2, -0.15) is 0 Å². The van der Waals surface area contributed by atoms with Gasteiger partial charge >= 0.3 is 0 Å². The number of nitrogens with one attached hydrogen (secondary N) is 2. The Bertz CT molecular complexity index is 1570. The molecule has 2 N–H and O–H groups in total. The lowest BCUT2D eigenvalue weighted by molar-refractivity contribution is -0.114. The first-order chi connectivity index (χ1) is 19.1. The molecule has 1 heterocycles. The summed E-state index contributed by atoms with van der Waals surface area (Å²) in [6, 6.07) is 23.8. The monoisotopic (exact) mass is 556 g/mol. The summed E-state index contributed by atoms with van der Waals surface area (Å²) in [5.74, 6) is -0.704. The largest absolute Gasteiger partial charge is 0.348 e. The highest BCUT2D eigenvalue weighted by Gasteiger charge is 2.28. The quantitative estimate of drug-likeness (QED) is 0.276. The van der Waals surface area contributed by atoms with Crippen LogP contribution in [0.3, 0.4) is 0 Å². The molecule has 0 aliphatic rings. The molecule has 2 amide bonds. The van der Waals surface area contributed by atoms with Gasteiger partial charge < -0.3 is 10.6 Å². The number of benzene rings is 3. The topological polar surface area (TPSA) is 108 Å². The van der Waals surface area contributed by atoms with E-state index < -0.39 is 22.5 Å². The number of aryl methyl sites for hydroxylation is 1.